The Bertz CT molecular complexity index is 718. The first-order chi connectivity index (χ1) is 12.5. The lowest BCUT2D eigenvalue weighted by Gasteiger charge is -2.26. The Hall–Kier alpha value is -2.70. The first kappa shape index (κ1) is 18.1. The molecule has 0 spiro atoms. The third-order valence-corrected chi connectivity index (χ3v) is 5.01. The Morgan fingerprint density at radius 3 is 2.00 bits per heavy atom. The molecule has 1 aromatic rings. The van der Waals surface area contributed by atoms with Crippen LogP contribution in [0.3, 0.4) is 0 Å². The Morgan fingerprint density at radius 1 is 1.04 bits per heavy atom. The second kappa shape index (κ2) is 6.90. The molecule has 1 fully saturated rings. The molecule has 0 radical (unpaired) electrons. The minimum absolute atomic E-state index is 0.0239. The highest BCUT2D eigenvalue weighted by Crippen LogP contribution is 2.44. The van der Waals surface area contributed by atoms with Gasteiger partial charge in [-0.3, -0.25) is 24.1 Å². The molecule has 7 nitrogen and oxygen atoms in total. The van der Waals surface area contributed by atoms with E-state index in [2.05, 4.69) is 0 Å². The average molecular weight is 359 g/mol. The van der Waals surface area contributed by atoms with Gasteiger partial charge in [0.2, 0.25) is 0 Å². The van der Waals surface area contributed by atoms with Gasteiger partial charge >= 0.3 is 11.9 Å². The predicted molar refractivity (Wildman–Crippen MR) is 90.3 cm³/mol. The van der Waals surface area contributed by atoms with Gasteiger partial charge in [-0.05, 0) is 45.2 Å². The van der Waals surface area contributed by atoms with Crippen LogP contribution in [0.25, 0.3) is 0 Å². The summed E-state index contributed by atoms with van der Waals surface area (Å²) < 4.78 is 10.2. The maximum absolute atomic E-state index is 12.7. The monoisotopic (exact) mass is 359 g/mol. The van der Waals surface area contributed by atoms with E-state index in [9.17, 15) is 19.2 Å². The minimum atomic E-state index is -1.47. The molecule has 7 heteroatoms. The smallest absolute Gasteiger partial charge is 0.323 e. The molecule has 26 heavy (non-hydrogen) atoms. The highest BCUT2D eigenvalue weighted by Gasteiger charge is 2.57. The number of hydrogen-bond donors (Lipinski definition) is 0. The van der Waals surface area contributed by atoms with Crippen molar-refractivity contribution >= 4 is 23.8 Å². The zero-order valence-corrected chi connectivity index (χ0v) is 14.8. The number of carbonyl (C=O) groups excluding carboxylic acids is 4. The third-order valence-electron chi connectivity index (χ3n) is 5.01. The molecule has 138 valence electrons. The van der Waals surface area contributed by atoms with E-state index in [1.54, 1.807) is 38.1 Å². The Kier molecular flexibility index (Phi) is 4.80. The topological polar surface area (TPSA) is 90.0 Å². The summed E-state index contributed by atoms with van der Waals surface area (Å²) in [7, 11) is 0. The summed E-state index contributed by atoms with van der Waals surface area (Å²) in [6.45, 7) is 3.59. The molecule has 1 heterocycles. The highest BCUT2D eigenvalue weighted by molar-refractivity contribution is 6.21. The van der Waals surface area contributed by atoms with Crippen molar-refractivity contribution in [3.8, 4) is 0 Å². The van der Waals surface area contributed by atoms with E-state index in [0.29, 0.717) is 17.5 Å². The number of nitrogens with zero attached hydrogens (tertiary/aromatic N) is 1. The maximum Gasteiger partial charge on any atom is 0.323 e. The van der Waals surface area contributed by atoms with Crippen LogP contribution < -0.4 is 0 Å². The fourth-order valence-corrected chi connectivity index (χ4v) is 3.77. The van der Waals surface area contributed by atoms with E-state index in [1.165, 1.54) is 4.90 Å². The van der Waals surface area contributed by atoms with E-state index in [1.807, 2.05) is 0 Å². The molecule has 1 aromatic carbocycles. The second-order valence-corrected chi connectivity index (χ2v) is 6.45. The number of carbonyl (C=O) groups is 4. The summed E-state index contributed by atoms with van der Waals surface area (Å²) in [6.07, 6.45) is 0.558. The van der Waals surface area contributed by atoms with Gasteiger partial charge in [0.05, 0.1) is 24.3 Å². The molecule has 1 aliphatic heterocycles. The van der Waals surface area contributed by atoms with Gasteiger partial charge in [0, 0.05) is 6.04 Å². The summed E-state index contributed by atoms with van der Waals surface area (Å²) in [5.41, 5.74) is -0.768. The quantitative estimate of drug-likeness (QED) is 0.453. The first-order valence-corrected chi connectivity index (χ1v) is 8.77. The normalized spacial score (nSPS) is 20.8. The lowest BCUT2D eigenvalue weighted by molar-refractivity contribution is -0.171. The molecule has 0 aromatic heterocycles. The zero-order chi connectivity index (χ0) is 18.9. The van der Waals surface area contributed by atoms with E-state index in [0.717, 1.165) is 0 Å². The number of fused-ring (bicyclic) bond motifs is 1. The highest BCUT2D eigenvalue weighted by atomic mass is 16.6. The number of ether oxygens (including phenoxy) is 2. The largest absolute Gasteiger partial charge is 0.465 e. The van der Waals surface area contributed by atoms with Crippen LogP contribution in [0.1, 0.15) is 53.8 Å². The van der Waals surface area contributed by atoms with Crippen molar-refractivity contribution in [2.45, 2.75) is 39.2 Å². The predicted octanol–water partition coefficient (Wildman–Crippen LogP) is 1.95. The fraction of sp³-hybridized carbons (Fsp3) is 0.474. The van der Waals surface area contributed by atoms with Crippen molar-refractivity contribution in [3.05, 3.63) is 35.4 Å². The van der Waals surface area contributed by atoms with Crippen LogP contribution >= 0.6 is 0 Å². The molecule has 1 atom stereocenters. The van der Waals surface area contributed by atoms with Gasteiger partial charge < -0.3 is 9.47 Å². The van der Waals surface area contributed by atoms with Crippen LogP contribution in [0.15, 0.2) is 24.3 Å². The van der Waals surface area contributed by atoms with E-state index in [4.69, 9.17) is 9.47 Å². The number of amides is 2. The van der Waals surface area contributed by atoms with Gasteiger partial charge in [-0.1, -0.05) is 12.1 Å². The molecule has 3 rings (SSSR count). The van der Waals surface area contributed by atoms with Crippen molar-refractivity contribution in [2.75, 3.05) is 13.2 Å². The maximum atomic E-state index is 12.7. The number of imide groups is 1. The summed E-state index contributed by atoms with van der Waals surface area (Å²) in [5, 5.41) is 0. The van der Waals surface area contributed by atoms with E-state index < -0.39 is 23.4 Å². The van der Waals surface area contributed by atoms with Crippen LogP contribution in [0.5, 0.6) is 0 Å². The summed E-state index contributed by atoms with van der Waals surface area (Å²) in [5.74, 6) is -2.09. The Morgan fingerprint density at radius 2 is 1.54 bits per heavy atom. The Labute approximate surface area is 151 Å². The zero-order valence-electron chi connectivity index (χ0n) is 14.8. The van der Waals surface area contributed by atoms with Crippen LogP contribution in [-0.4, -0.2) is 47.9 Å². The molecule has 0 N–H and O–H groups in total. The molecule has 0 bridgehead atoms. The summed E-state index contributed by atoms with van der Waals surface area (Å²) in [4.78, 5) is 51.5. The molecule has 0 saturated heterocycles. The molecular formula is C19H21NO6. The van der Waals surface area contributed by atoms with Crippen molar-refractivity contribution in [1.82, 2.24) is 4.90 Å². The number of benzene rings is 1. The van der Waals surface area contributed by atoms with Gasteiger partial charge in [0.25, 0.3) is 11.8 Å². The second-order valence-electron chi connectivity index (χ2n) is 6.45. The van der Waals surface area contributed by atoms with Gasteiger partial charge in [0.15, 0.2) is 5.41 Å². The van der Waals surface area contributed by atoms with Crippen molar-refractivity contribution in [3.63, 3.8) is 0 Å². The first-order valence-electron chi connectivity index (χ1n) is 8.77. The van der Waals surface area contributed by atoms with Gasteiger partial charge in [0.1, 0.15) is 0 Å². The van der Waals surface area contributed by atoms with Gasteiger partial charge in [-0.2, -0.15) is 0 Å². The van der Waals surface area contributed by atoms with E-state index in [-0.39, 0.29) is 37.9 Å². The molecule has 2 amide bonds. The van der Waals surface area contributed by atoms with Crippen LogP contribution in [0.4, 0.5) is 0 Å². The lowest BCUT2D eigenvalue weighted by Crippen LogP contribution is -2.44. The van der Waals surface area contributed by atoms with Crippen molar-refractivity contribution in [2.24, 2.45) is 5.41 Å². The van der Waals surface area contributed by atoms with Crippen molar-refractivity contribution in [1.29, 1.82) is 0 Å². The molecule has 2 aliphatic rings. The standard InChI is InChI=1S/C19H21NO6/c1-3-25-17(23)19(18(24)26-4-2)10-9-12(11-19)20-15(21)13-7-5-6-8-14(13)16(20)22/h5-8,12H,3-4,9-11H2,1-2H3/t12-/m0/s1. The van der Waals surface area contributed by atoms with Crippen molar-refractivity contribution < 1.29 is 28.7 Å². The van der Waals surface area contributed by atoms with Gasteiger partial charge in [-0.15, -0.1) is 0 Å². The third kappa shape index (κ3) is 2.67. The van der Waals surface area contributed by atoms with Gasteiger partial charge in [-0.25, -0.2) is 0 Å². The summed E-state index contributed by atoms with van der Waals surface area (Å²) in [6, 6.07) is 6.06. The number of hydrogen-bond acceptors (Lipinski definition) is 6. The average Bonchev–Trinajstić information content (AvgIpc) is 3.17. The lowest BCUT2D eigenvalue weighted by atomic mass is 9.86. The molecule has 1 saturated carbocycles. The SMILES string of the molecule is CCOC(=O)C1(C(=O)OCC)CC[C@H](N2C(=O)c3ccccc3C2=O)C1. The molecule has 1 aliphatic carbocycles. The van der Waals surface area contributed by atoms with E-state index >= 15 is 0 Å². The number of esters is 2. The summed E-state index contributed by atoms with van der Waals surface area (Å²) >= 11 is 0. The minimum Gasteiger partial charge on any atom is -0.465 e. The molecule has 0 unspecified atom stereocenters. The Balaban J connectivity index is 1.88. The fourth-order valence-electron chi connectivity index (χ4n) is 3.77. The molecular weight excluding hydrogens is 338 g/mol. The number of rotatable bonds is 5. The van der Waals surface area contributed by atoms with Crippen LogP contribution in [0, 0.1) is 5.41 Å². The van der Waals surface area contributed by atoms with Crippen LogP contribution in [-0.2, 0) is 19.1 Å². The van der Waals surface area contributed by atoms with Crippen LogP contribution in [0.2, 0.25) is 0 Å².